The maximum absolute atomic E-state index is 12.2. The summed E-state index contributed by atoms with van der Waals surface area (Å²) >= 11 is 0. The van der Waals surface area contributed by atoms with Crippen LogP contribution in [0.3, 0.4) is 0 Å². The Morgan fingerprint density at radius 1 is 1.05 bits per heavy atom. The fourth-order valence-corrected chi connectivity index (χ4v) is 3.34. The van der Waals surface area contributed by atoms with E-state index in [9.17, 15) is 8.42 Å². The van der Waals surface area contributed by atoms with Gasteiger partial charge < -0.3 is 0 Å². The zero-order valence-corrected chi connectivity index (χ0v) is 14.0. The van der Waals surface area contributed by atoms with Crippen LogP contribution in [0.2, 0.25) is 0 Å². The van der Waals surface area contributed by atoms with Gasteiger partial charge in [0.05, 0.1) is 17.2 Å². The maximum Gasteiger partial charge on any atom is 0.154 e. The Morgan fingerprint density at radius 2 is 1.82 bits per heavy atom. The van der Waals surface area contributed by atoms with Crippen molar-refractivity contribution in [1.29, 1.82) is 0 Å². The van der Waals surface area contributed by atoms with E-state index >= 15 is 0 Å². The Morgan fingerprint density at radius 3 is 2.36 bits per heavy atom. The molecule has 0 saturated carbocycles. The van der Waals surface area contributed by atoms with E-state index in [2.05, 4.69) is 35.7 Å². The molecule has 0 fully saturated rings. The standard InChI is InChI=1S/C16H21N3O2S/c1-16(2,3)15-5-4-13(10-19-15)12-22(20,21)9-6-14-11-17-7-8-18-14/h4-5,7-8,10-11H,6,9,12H2,1-3H3. The van der Waals surface area contributed by atoms with Crippen molar-refractivity contribution in [1.82, 2.24) is 15.0 Å². The third-order valence-electron chi connectivity index (χ3n) is 3.27. The first-order valence-corrected chi connectivity index (χ1v) is 8.99. The SMILES string of the molecule is CC(C)(C)c1ccc(CS(=O)(=O)CCc2cnccn2)cn1. The number of aromatic nitrogens is 3. The summed E-state index contributed by atoms with van der Waals surface area (Å²) in [4.78, 5) is 12.4. The Labute approximate surface area is 131 Å². The molecule has 2 aromatic heterocycles. The van der Waals surface area contributed by atoms with Gasteiger partial charge >= 0.3 is 0 Å². The minimum absolute atomic E-state index is 0.00465. The Balaban J connectivity index is 2.00. The first-order chi connectivity index (χ1) is 10.3. The molecule has 0 unspecified atom stereocenters. The molecule has 6 heteroatoms. The number of aryl methyl sites for hydroxylation is 1. The van der Waals surface area contributed by atoms with Crippen molar-refractivity contribution in [3.63, 3.8) is 0 Å². The van der Waals surface area contributed by atoms with Crippen LogP contribution in [0.1, 0.15) is 37.7 Å². The van der Waals surface area contributed by atoms with Gasteiger partial charge in [0, 0.05) is 42.3 Å². The molecule has 0 aromatic carbocycles. The molecule has 0 saturated heterocycles. The van der Waals surface area contributed by atoms with Gasteiger partial charge in [-0.3, -0.25) is 15.0 Å². The summed E-state index contributed by atoms with van der Waals surface area (Å²) in [6, 6.07) is 3.74. The van der Waals surface area contributed by atoms with Crippen molar-refractivity contribution in [2.24, 2.45) is 0 Å². The first-order valence-electron chi connectivity index (χ1n) is 7.17. The molecule has 0 radical (unpaired) electrons. The van der Waals surface area contributed by atoms with Gasteiger partial charge in [0.15, 0.2) is 9.84 Å². The van der Waals surface area contributed by atoms with Crippen molar-refractivity contribution in [3.05, 3.63) is 53.9 Å². The van der Waals surface area contributed by atoms with Gasteiger partial charge in [0.1, 0.15) is 0 Å². The Bertz CT molecular complexity index is 705. The number of hydrogen-bond donors (Lipinski definition) is 0. The van der Waals surface area contributed by atoms with Crippen LogP contribution in [0.15, 0.2) is 36.9 Å². The summed E-state index contributed by atoms with van der Waals surface area (Å²) in [6.07, 6.45) is 6.76. The maximum atomic E-state index is 12.2. The third kappa shape index (κ3) is 4.87. The lowest BCUT2D eigenvalue weighted by Gasteiger charge is -2.17. The van der Waals surface area contributed by atoms with Crippen LogP contribution in [0.25, 0.3) is 0 Å². The van der Waals surface area contributed by atoms with Crippen molar-refractivity contribution in [2.75, 3.05) is 5.75 Å². The molecule has 0 N–H and O–H groups in total. The molecule has 5 nitrogen and oxygen atoms in total. The topological polar surface area (TPSA) is 72.8 Å². The second-order valence-electron chi connectivity index (χ2n) is 6.34. The van der Waals surface area contributed by atoms with Gasteiger partial charge in [-0.2, -0.15) is 0 Å². The van der Waals surface area contributed by atoms with Gasteiger partial charge in [0.2, 0.25) is 0 Å². The molecule has 0 aliphatic heterocycles. The highest BCUT2D eigenvalue weighted by molar-refractivity contribution is 7.90. The van der Waals surface area contributed by atoms with E-state index in [1.165, 1.54) is 0 Å². The fourth-order valence-electron chi connectivity index (χ4n) is 2.00. The molecule has 0 atom stereocenters. The number of sulfone groups is 1. The normalized spacial score (nSPS) is 12.3. The molecule has 0 spiro atoms. The lowest BCUT2D eigenvalue weighted by atomic mass is 9.91. The van der Waals surface area contributed by atoms with E-state index in [4.69, 9.17) is 0 Å². The Hall–Kier alpha value is -1.82. The second-order valence-corrected chi connectivity index (χ2v) is 8.52. The quantitative estimate of drug-likeness (QED) is 0.845. The highest BCUT2D eigenvalue weighted by Gasteiger charge is 2.17. The fraction of sp³-hybridized carbons (Fsp3) is 0.438. The van der Waals surface area contributed by atoms with Crippen molar-refractivity contribution < 1.29 is 8.42 Å². The molecular formula is C16H21N3O2S. The minimum atomic E-state index is -3.19. The molecule has 0 aliphatic carbocycles. The summed E-state index contributed by atoms with van der Waals surface area (Å²) in [6.45, 7) is 6.23. The Kier molecular flexibility index (Phi) is 4.90. The summed E-state index contributed by atoms with van der Waals surface area (Å²) in [7, 11) is -3.19. The van der Waals surface area contributed by atoms with Gasteiger partial charge in [-0.15, -0.1) is 0 Å². The van der Waals surface area contributed by atoms with E-state index in [0.29, 0.717) is 17.7 Å². The van der Waals surface area contributed by atoms with Gasteiger partial charge in [-0.05, 0) is 11.6 Å². The third-order valence-corrected chi connectivity index (χ3v) is 4.86. The van der Waals surface area contributed by atoms with E-state index in [-0.39, 0.29) is 16.9 Å². The molecule has 2 aromatic rings. The first kappa shape index (κ1) is 16.5. The molecule has 2 rings (SSSR count). The summed E-state index contributed by atoms with van der Waals surface area (Å²) in [5, 5.41) is 0. The largest absolute Gasteiger partial charge is 0.261 e. The van der Waals surface area contributed by atoms with Crippen LogP contribution in [-0.4, -0.2) is 29.1 Å². The second kappa shape index (κ2) is 6.52. The average Bonchev–Trinajstić information content (AvgIpc) is 2.46. The van der Waals surface area contributed by atoms with Crippen LogP contribution >= 0.6 is 0 Å². The van der Waals surface area contributed by atoms with E-state index in [1.807, 2.05) is 12.1 Å². The zero-order chi connectivity index (χ0) is 16.2. The average molecular weight is 319 g/mol. The molecule has 118 valence electrons. The van der Waals surface area contributed by atoms with Crippen LogP contribution in [-0.2, 0) is 27.4 Å². The molecule has 2 heterocycles. The van der Waals surface area contributed by atoms with Crippen LogP contribution in [0, 0.1) is 0 Å². The summed E-state index contributed by atoms with van der Waals surface area (Å²) in [5.74, 6) is 0.0669. The van der Waals surface area contributed by atoms with Crippen LogP contribution in [0.5, 0.6) is 0 Å². The molecule has 0 bridgehead atoms. The predicted octanol–water partition coefficient (Wildman–Crippen LogP) is 2.33. The van der Waals surface area contributed by atoms with Crippen LogP contribution < -0.4 is 0 Å². The molecule has 0 amide bonds. The minimum Gasteiger partial charge on any atom is -0.261 e. The van der Waals surface area contributed by atoms with E-state index in [1.54, 1.807) is 24.8 Å². The summed E-state index contributed by atoms with van der Waals surface area (Å²) in [5.41, 5.74) is 2.32. The number of nitrogens with zero attached hydrogens (tertiary/aromatic N) is 3. The smallest absolute Gasteiger partial charge is 0.154 e. The highest BCUT2D eigenvalue weighted by Crippen LogP contribution is 2.20. The lowest BCUT2D eigenvalue weighted by Crippen LogP contribution is -2.15. The summed E-state index contributed by atoms with van der Waals surface area (Å²) < 4.78 is 24.4. The lowest BCUT2D eigenvalue weighted by molar-refractivity contribution is 0.568. The predicted molar refractivity (Wildman–Crippen MR) is 86.2 cm³/mol. The van der Waals surface area contributed by atoms with Crippen LogP contribution in [0.4, 0.5) is 0 Å². The van der Waals surface area contributed by atoms with Gasteiger partial charge in [-0.1, -0.05) is 26.8 Å². The van der Waals surface area contributed by atoms with Crippen molar-refractivity contribution in [2.45, 2.75) is 38.4 Å². The van der Waals surface area contributed by atoms with Crippen molar-refractivity contribution in [3.8, 4) is 0 Å². The number of pyridine rings is 1. The highest BCUT2D eigenvalue weighted by atomic mass is 32.2. The van der Waals surface area contributed by atoms with E-state index in [0.717, 1.165) is 5.69 Å². The monoisotopic (exact) mass is 319 g/mol. The molecule has 22 heavy (non-hydrogen) atoms. The number of rotatable bonds is 5. The number of hydrogen-bond acceptors (Lipinski definition) is 5. The van der Waals surface area contributed by atoms with Gasteiger partial charge in [0.25, 0.3) is 0 Å². The van der Waals surface area contributed by atoms with Gasteiger partial charge in [-0.25, -0.2) is 8.42 Å². The van der Waals surface area contributed by atoms with Crippen molar-refractivity contribution >= 4 is 9.84 Å². The van der Waals surface area contributed by atoms with E-state index < -0.39 is 9.84 Å². The zero-order valence-electron chi connectivity index (χ0n) is 13.2. The molecule has 0 aliphatic rings. The molecular weight excluding hydrogens is 298 g/mol.